The second-order valence-electron chi connectivity index (χ2n) is 10.4. The average molecular weight is 483 g/mol. The fraction of sp³-hybridized carbons (Fsp3) is 0.667. The fourth-order valence-electron chi connectivity index (χ4n) is 6.24. The van der Waals surface area contributed by atoms with Crippen molar-refractivity contribution in [3.05, 3.63) is 29.8 Å². The number of Topliss-reactive ketones (excluding diaryl/α,β-unsaturated/α-hetero) is 1. The summed E-state index contributed by atoms with van der Waals surface area (Å²) in [5, 5.41) is 3.08. The summed E-state index contributed by atoms with van der Waals surface area (Å²) in [6.45, 7) is 7.93. The standard InChI is InChI=1S/C27H38N4O4/c1-2-29-14-16-30(17-15-29)21-10-8-20(9-11-21)26(33)28-24(19-6-4-3-5-7-19)27(34)31-13-12-23-25(31)22(32)18-35-23/h8-11,19,23-25H,2-7,12-18H2,1H3,(H,28,33)/t23-,24+,25+/m1/s1. The summed E-state index contributed by atoms with van der Waals surface area (Å²) >= 11 is 0. The molecule has 1 N–H and O–H groups in total. The van der Waals surface area contributed by atoms with Crippen LogP contribution >= 0.6 is 0 Å². The van der Waals surface area contributed by atoms with Gasteiger partial charge in [0.2, 0.25) is 5.91 Å². The van der Waals surface area contributed by atoms with Gasteiger partial charge in [0.25, 0.3) is 5.91 Å². The molecule has 3 heterocycles. The number of carbonyl (C=O) groups excluding carboxylic acids is 3. The van der Waals surface area contributed by atoms with Crippen LogP contribution in [0, 0.1) is 5.92 Å². The first-order chi connectivity index (χ1) is 17.0. The summed E-state index contributed by atoms with van der Waals surface area (Å²) in [5.74, 6) is -0.265. The van der Waals surface area contributed by atoms with E-state index in [1.807, 2.05) is 24.3 Å². The number of piperazine rings is 1. The van der Waals surface area contributed by atoms with Gasteiger partial charge in [-0.15, -0.1) is 0 Å². The van der Waals surface area contributed by atoms with Crippen molar-refractivity contribution in [1.29, 1.82) is 0 Å². The number of nitrogens with one attached hydrogen (secondary N) is 1. The van der Waals surface area contributed by atoms with Gasteiger partial charge in [-0.05, 0) is 56.0 Å². The maximum atomic E-state index is 13.7. The second kappa shape index (κ2) is 10.7. The van der Waals surface area contributed by atoms with Gasteiger partial charge in [-0.1, -0.05) is 26.2 Å². The van der Waals surface area contributed by atoms with Crippen molar-refractivity contribution >= 4 is 23.3 Å². The van der Waals surface area contributed by atoms with E-state index in [9.17, 15) is 14.4 Å². The molecule has 3 atom stereocenters. The Morgan fingerprint density at radius 1 is 1.00 bits per heavy atom. The number of amides is 2. The number of carbonyl (C=O) groups is 3. The number of fused-ring (bicyclic) bond motifs is 1. The molecule has 0 unspecified atom stereocenters. The van der Waals surface area contributed by atoms with Crippen LogP contribution in [0.1, 0.15) is 55.8 Å². The molecular weight excluding hydrogens is 444 g/mol. The van der Waals surface area contributed by atoms with Gasteiger partial charge < -0.3 is 24.8 Å². The topological polar surface area (TPSA) is 82.2 Å². The Kier molecular flexibility index (Phi) is 7.39. The van der Waals surface area contributed by atoms with E-state index < -0.39 is 12.1 Å². The van der Waals surface area contributed by atoms with Crippen LogP contribution in [0.2, 0.25) is 0 Å². The van der Waals surface area contributed by atoms with Gasteiger partial charge in [0, 0.05) is 44.0 Å². The van der Waals surface area contributed by atoms with Gasteiger partial charge in [-0.25, -0.2) is 0 Å². The first kappa shape index (κ1) is 24.3. The zero-order valence-corrected chi connectivity index (χ0v) is 20.8. The van der Waals surface area contributed by atoms with E-state index in [1.54, 1.807) is 4.90 Å². The molecule has 35 heavy (non-hydrogen) atoms. The van der Waals surface area contributed by atoms with Crippen molar-refractivity contribution < 1.29 is 19.1 Å². The number of hydrogen-bond donors (Lipinski definition) is 1. The number of hydrogen-bond acceptors (Lipinski definition) is 6. The third-order valence-corrected chi connectivity index (χ3v) is 8.38. The van der Waals surface area contributed by atoms with Crippen molar-refractivity contribution in [3.8, 4) is 0 Å². The maximum Gasteiger partial charge on any atom is 0.251 e. The lowest BCUT2D eigenvalue weighted by Gasteiger charge is -2.35. The van der Waals surface area contributed by atoms with Crippen LogP contribution in [-0.4, -0.2) is 91.5 Å². The highest BCUT2D eigenvalue weighted by atomic mass is 16.5. The van der Waals surface area contributed by atoms with Gasteiger partial charge in [0.15, 0.2) is 5.78 Å². The van der Waals surface area contributed by atoms with E-state index in [0.717, 1.165) is 64.1 Å². The lowest BCUT2D eigenvalue weighted by molar-refractivity contribution is -0.139. The molecule has 3 saturated heterocycles. The Balaban J connectivity index is 1.28. The predicted molar refractivity (Wildman–Crippen MR) is 133 cm³/mol. The fourth-order valence-corrected chi connectivity index (χ4v) is 6.24. The van der Waals surface area contributed by atoms with E-state index in [2.05, 4.69) is 22.0 Å². The van der Waals surface area contributed by atoms with Crippen LogP contribution in [0.3, 0.4) is 0 Å². The van der Waals surface area contributed by atoms with E-state index in [-0.39, 0.29) is 36.2 Å². The molecule has 0 spiro atoms. The zero-order valence-electron chi connectivity index (χ0n) is 20.8. The molecule has 2 amide bonds. The maximum absolute atomic E-state index is 13.7. The van der Waals surface area contributed by atoms with Crippen LogP contribution in [-0.2, 0) is 14.3 Å². The average Bonchev–Trinajstić information content (AvgIpc) is 3.50. The molecule has 1 aliphatic carbocycles. The van der Waals surface area contributed by atoms with Gasteiger partial charge in [-0.2, -0.15) is 0 Å². The lowest BCUT2D eigenvalue weighted by atomic mass is 9.83. The first-order valence-corrected chi connectivity index (χ1v) is 13.4. The lowest BCUT2D eigenvalue weighted by Crippen LogP contribution is -2.55. The van der Waals surface area contributed by atoms with Crippen LogP contribution < -0.4 is 10.2 Å². The minimum atomic E-state index is -0.600. The number of nitrogens with zero attached hydrogens (tertiary/aromatic N) is 3. The highest BCUT2D eigenvalue weighted by Gasteiger charge is 2.49. The van der Waals surface area contributed by atoms with E-state index >= 15 is 0 Å². The summed E-state index contributed by atoms with van der Waals surface area (Å²) in [7, 11) is 0. The van der Waals surface area contributed by atoms with E-state index in [1.165, 1.54) is 6.42 Å². The Morgan fingerprint density at radius 3 is 2.40 bits per heavy atom. The highest BCUT2D eigenvalue weighted by Crippen LogP contribution is 2.32. The smallest absolute Gasteiger partial charge is 0.251 e. The monoisotopic (exact) mass is 482 g/mol. The van der Waals surface area contributed by atoms with E-state index in [0.29, 0.717) is 18.5 Å². The zero-order chi connectivity index (χ0) is 24.4. The summed E-state index contributed by atoms with van der Waals surface area (Å²) < 4.78 is 5.58. The molecule has 5 rings (SSSR count). The molecule has 8 heteroatoms. The van der Waals surface area contributed by atoms with Crippen LogP contribution in [0.25, 0.3) is 0 Å². The number of rotatable bonds is 6. The number of likely N-dealkylation sites (tertiary alicyclic amines) is 1. The van der Waals surface area contributed by atoms with Gasteiger partial charge in [-0.3, -0.25) is 14.4 Å². The molecule has 1 aromatic carbocycles. The molecule has 0 bridgehead atoms. The Hall–Kier alpha value is -2.45. The molecule has 4 fully saturated rings. The number of anilines is 1. The number of likely N-dealkylation sites (N-methyl/N-ethyl adjacent to an activating group) is 1. The molecule has 1 saturated carbocycles. The minimum absolute atomic E-state index is 0.0232. The molecule has 8 nitrogen and oxygen atoms in total. The Morgan fingerprint density at radius 2 is 1.71 bits per heavy atom. The molecule has 190 valence electrons. The predicted octanol–water partition coefficient (Wildman–Crippen LogP) is 2.08. The van der Waals surface area contributed by atoms with Gasteiger partial charge >= 0.3 is 0 Å². The molecular formula is C27H38N4O4. The van der Waals surface area contributed by atoms with Crippen molar-refractivity contribution in [2.24, 2.45) is 5.92 Å². The first-order valence-electron chi connectivity index (χ1n) is 13.4. The van der Waals surface area contributed by atoms with Crippen molar-refractivity contribution in [2.45, 2.75) is 63.6 Å². The van der Waals surface area contributed by atoms with Gasteiger partial charge in [0.1, 0.15) is 18.7 Å². The SMILES string of the molecule is CCN1CCN(c2ccc(C(=O)N[C@H](C(=O)N3CC[C@H]4OCC(=O)[C@@H]43)C3CCCCC3)cc2)CC1. The van der Waals surface area contributed by atoms with Crippen molar-refractivity contribution in [1.82, 2.24) is 15.1 Å². The van der Waals surface area contributed by atoms with Crippen LogP contribution in [0.5, 0.6) is 0 Å². The van der Waals surface area contributed by atoms with E-state index in [4.69, 9.17) is 4.74 Å². The highest BCUT2D eigenvalue weighted by molar-refractivity contribution is 5.99. The summed E-state index contributed by atoms with van der Waals surface area (Å²) in [5.41, 5.74) is 1.69. The van der Waals surface area contributed by atoms with Crippen LogP contribution in [0.4, 0.5) is 5.69 Å². The Labute approximate surface area is 207 Å². The summed E-state index contributed by atoms with van der Waals surface area (Å²) in [6, 6.07) is 6.65. The molecule has 1 aromatic rings. The Bertz CT molecular complexity index is 922. The number of ketones is 1. The quantitative estimate of drug-likeness (QED) is 0.669. The molecule has 3 aliphatic heterocycles. The van der Waals surface area contributed by atoms with Crippen LogP contribution in [0.15, 0.2) is 24.3 Å². The summed E-state index contributed by atoms with van der Waals surface area (Å²) in [4.78, 5) is 45.9. The molecule has 4 aliphatic rings. The molecule has 0 radical (unpaired) electrons. The number of ether oxygens (including phenoxy) is 1. The number of benzene rings is 1. The third kappa shape index (κ3) is 5.09. The van der Waals surface area contributed by atoms with Gasteiger partial charge in [0.05, 0.1) is 6.10 Å². The van der Waals surface area contributed by atoms with Crippen molar-refractivity contribution in [2.75, 3.05) is 50.8 Å². The van der Waals surface area contributed by atoms with Crippen molar-refractivity contribution in [3.63, 3.8) is 0 Å². The second-order valence-corrected chi connectivity index (χ2v) is 10.4. The normalized spacial score (nSPS) is 26.6. The summed E-state index contributed by atoms with van der Waals surface area (Å²) in [6.07, 6.45) is 5.64. The minimum Gasteiger partial charge on any atom is -0.369 e. The third-order valence-electron chi connectivity index (χ3n) is 8.38. The largest absolute Gasteiger partial charge is 0.369 e. The molecule has 0 aromatic heterocycles.